The number of amides is 1. The highest BCUT2D eigenvalue weighted by Gasteiger charge is 2.50. The molecule has 0 unspecified atom stereocenters. The summed E-state index contributed by atoms with van der Waals surface area (Å²) >= 11 is 0. The third-order valence-corrected chi connectivity index (χ3v) is 4.29. The van der Waals surface area contributed by atoms with Gasteiger partial charge in [-0.05, 0) is 30.7 Å². The summed E-state index contributed by atoms with van der Waals surface area (Å²) in [6, 6.07) is 5.89. The van der Waals surface area contributed by atoms with E-state index in [-0.39, 0.29) is 23.7 Å². The van der Waals surface area contributed by atoms with Crippen molar-refractivity contribution in [3.8, 4) is 5.75 Å². The maximum absolute atomic E-state index is 12.8. The van der Waals surface area contributed by atoms with Crippen LogP contribution in [0.4, 0.5) is 4.39 Å². The van der Waals surface area contributed by atoms with Crippen LogP contribution in [0.3, 0.4) is 0 Å². The fourth-order valence-corrected chi connectivity index (χ4v) is 2.88. The van der Waals surface area contributed by atoms with Crippen LogP contribution in [-0.2, 0) is 9.59 Å². The predicted molar refractivity (Wildman–Crippen MR) is 75.9 cm³/mol. The van der Waals surface area contributed by atoms with E-state index in [1.165, 1.54) is 12.1 Å². The monoisotopic (exact) mass is 307 g/mol. The Balaban J connectivity index is 1.47. The Morgan fingerprint density at radius 2 is 1.77 bits per heavy atom. The van der Waals surface area contributed by atoms with Crippen molar-refractivity contribution in [3.05, 3.63) is 30.1 Å². The summed E-state index contributed by atoms with van der Waals surface area (Å²) in [4.78, 5) is 24.7. The van der Waals surface area contributed by atoms with Gasteiger partial charge >= 0.3 is 5.97 Å². The number of nitrogens with zero attached hydrogens (tertiary/aromatic N) is 1. The van der Waals surface area contributed by atoms with Crippen molar-refractivity contribution in [2.24, 2.45) is 11.8 Å². The summed E-state index contributed by atoms with van der Waals surface area (Å²) in [6.45, 7) is 1.15. The van der Waals surface area contributed by atoms with Crippen LogP contribution >= 0.6 is 0 Å². The first kappa shape index (κ1) is 14.8. The van der Waals surface area contributed by atoms with Crippen molar-refractivity contribution in [2.45, 2.75) is 25.4 Å². The van der Waals surface area contributed by atoms with Gasteiger partial charge in [0, 0.05) is 25.9 Å². The number of carboxylic acids is 1. The van der Waals surface area contributed by atoms with Gasteiger partial charge in [-0.25, -0.2) is 4.39 Å². The summed E-state index contributed by atoms with van der Waals surface area (Å²) in [5.74, 6) is -1.45. The van der Waals surface area contributed by atoms with Gasteiger partial charge in [-0.2, -0.15) is 0 Å². The van der Waals surface area contributed by atoms with Gasteiger partial charge in [-0.1, -0.05) is 0 Å². The molecule has 1 saturated heterocycles. The second-order valence-corrected chi connectivity index (χ2v) is 5.88. The summed E-state index contributed by atoms with van der Waals surface area (Å²) in [6.07, 6.45) is 1.87. The number of carbonyl (C=O) groups excluding carboxylic acids is 1. The number of halogens is 1. The smallest absolute Gasteiger partial charge is 0.307 e. The van der Waals surface area contributed by atoms with Crippen molar-refractivity contribution in [3.63, 3.8) is 0 Å². The van der Waals surface area contributed by atoms with Crippen molar-refractivity contribution in [2.75, 3.05) is 13.1 Å². The number of carbonyl (C=O) groups is 2. The van der Waals surface area contributed by atoms with Gasteiger partial charge in [-0.15, -0.1) is 0 Å². The minimum Gasteiger partial charge on any atom is -0.490 e. The number of aliphatic carboxylic acids is 1. The fourth-order valence-electron chi connectivity index (χ4n) is 2.88. The molecule has 0 radical (unpaired) electrons. The molecule has 5 nitrogen and oxygen atoms in total. The lowest BCUT2D eigenvalue weighted by Gasteiger charge is -2.32. The zero-order valence-corrected chi connectivity index (χ0v) is 12.1. The standard InChI is InChI=1S/C16H18FNO4/c17-10-1-3-11(4-2-10)22-12-5-7-18(8-6-12)15(19)13-9-14(13)16(20)21/h1-4,12-14H,5-9H2,(H,20,21)/t13-,14+/m1/s1. The van der Waals surface area contributed by atoms with Gasteiger partial charge in [0.25, 0.3) is 0 Å². The third kappa shape index (κ3) is 3.21. The van der Waals surface area contributed by atoms with E-state index in [2.05, 4.69) is 0 Å². The Bertz CT molecular complexity index is 566. The summed E-state index contributed by atoms with van der Waals surface area (Å²) < 4.78 is 18.6. The van der Waals surface area contributed by atoms with Crippen molar-refractivity contribution in [1.29, 1.82) is 0 Å². The first-order chi connectivity index (χ1) is 10.5. The molecule has 1 amide bonds. The molecule has 2 aliphatic rings. The highest BCUT2D eigenvalue weighted by molar-refractivity contribution is 5.89. The van der Waals surface area contributed by atoms with Crippen LogP contribution in [0.15, 0.2) is 24.3 Å². The zero-order chi connectivity index (χ0) is 15.7. The quantitative estimate of drug-likeness (QED) is 0.923. The van der Waals surface area contributed by atoms with E-state index in [1.54, 1.807) is 17.0 Å². The molecule has 1 aromatic carbocycles. The van der Waals surface area contributed by atoms with Crippen LogP contribution in [0, 0.1) is 17.7 Å². The highest BCUT2D eigenvalue weighted by Crippen LogP contribution is 2.40. The number of piperidine rings is 1. The molecule has 22 heavy (non-hydrogen) atoms. The topological polar surface area (TPSA) is 66.8 Å². The van der Waals surface area contributed by atoms with Crippen LogP contribution in [0.5, 0.6) is 5.75 Å². The van der Waals surface area contributed by atoms with Crippen LogP contribution in [-0.4, -0.2) is 41.1 Å². The minimum atomic E-state index is -0.882. The molecule has 1 N–H and O–H groups in total. The highest BCUT2D eigenvalue weighted by atomic mass is 19.1. The molecule has 1 aromatic rings. The molecule has 6 heteroatoms. The van der Waals surface area contributed by atoms with E-state index >= 15 is 0 Å². The molecule has 2 atom stereocenters. The molecule has 1 saturated carbocycles. The lowest BCUT2D eigenvalue weighted by Crippen LogP contribution is -2.42. The molecular formula is C16H18FNO4. The Morgan fingerprint density at radius 1 is 1.14 bits per heavy atom. The SMILES string of the molecule is O=C(O)[C@H]1C[C@H]1C(=O)N1CCC(Oc2ccc(F)cc2)CC1. The number of benzene rings is 1. The largest absolute Gasteiger partial charge is 0.490 e. The van der Waals surface area contributed by atoms with E-state index in [4.69, 9.17) is 9.84 Å². The average molecular weight is 307 g/mol. The maximum atomic E-state index is 12.8. The predicted octanol–water partition coefficient (Wildman–Crippen LogP) is 1.92. The number of carboxylic acid groups (broad SMARTS) is 1. The lowest BCUT2D eigenvalue weighted by molar-refractivity contribution is -0.142. The molecule has 1 heterocycles. The molecular weight excluding hydrogens is 289 g/mol. The molecule has 118 valence electrons. The first-order valence-electron chi connectivity index (χ1n) is 7.48. The van der Waals surface area contributed by atoms with E-state index in [9.17, 15) is 14.0 Å². The Kier molecular flexibility index (Phi) is 4.00. The van der Waals surface area contributed by atoms with Crippen LogP contribution < -0.4 is 4.74 Å². The second kappa shape index (κ2) is 5.94. The number of likely N-dealkylation sites (tertiary alicyclic amines) is 1. The van der Waals surface area contributed by atoms with Gasteiger partial charge in [-0.3, -0.25) is 9.59 Å². The Morgan fingerprint density at radius 3 is 2.32 bits per heavy atom. The van der Waals surface area contributed by atoms with Gasteiger partial charge in [0.15, 0.2) is 0 Å². The number of hydrogen-bond acceptors (Lipinski definition) is 3. The number of rotatable bonds is 4. The van der Waals surface area contributed by atoms with Gasteiger partial charge in [0.1, 0.15) is 17.7 Å². The summed E-state index contributed by atoms with van der Waals surface area (Å²) in [5, 5.41) is 8.88. The van der Waals surface area contributed by atoms with Gasteiger partial charge < -0.3 is 14.7 Å². The molecule has 1 aliphatic heterocycles. The molecule has 2 fully saturated rings. The summed E-state index contributed by atoms with van der Waals surface area (Å²) in [7, 11) is 0. The minimum absolute atomic E-state index is 0.00369. The molecule has 0 bridgehead atoms. The van der Waals surface area contributed by atoms with E-state index in [0.717, 1.165) is 0 Å². The zero-order valence-electron chi connectivity index (χ0n) is 12.1. The van der Waals surface area contributed by atoms with E-state index in [0.29, 0.717) is 38.1 Å². The fraction of sp³-hybridized carbons (Fsp3) is 0.500. The normalized spacial score (nSPS) is 24.9. The Labute approximate surface area is 127 Å². The second-order valence-electron chi connectivity index (χ2n) is 5.88. The van der Waals surface area contributed by atoms with E-state index in [1.807, 2.05) is 0 Å². The maximum Gasteiger partial charge on any atom is 0.307 e. The molecule has 3 rings (SSSR count). The van der Waals surface area contributed by atoms with Crippen molar-refractivity contribution >= 4 is 11.9 Å². The van der Waals surface area contributed by atoms with Crippen LogP contribution in [0.1, 0.15) is 19.3 Å². The third-order valence-electron chi connectivity index (χ3n) is 4.29. The van der Waals surface area contributed by atoms with Crippen LogP contribution in [0.25, 0.3) is 0 Å². The average Bonchev–Trinajstić information content (AvgIpc) is 3.30. The lowest BCUT2D eigenvalue weighted by atomic mass is 10.1. The summed E-state index contributed by atoms with van der Waals surface area (Å²) in [5.41, 5.74) is 0. The number of ether oxygens (including phenoxy) is 1. The van der Waals surface area contributed by atoms with E-state index < -0.39 is 11.9 Å². The number of hydrogen-bond donors (Lipinski definition) is 1. The van der Waals surface area contributed by atoms with Gasteiger partial charge in [0.05, 0.1) is 11.8 Å². The first-order valence-corrected chi connectivity index (χ1v) is 7.48. The van der Waals surface area contributed by atoms with Gasteiger partial charge in [0.2, 0.25) is 5.91 Å². The van der Waals surface area contributed by atoms with Crippen molar-refractivity contribution in [1.82, 2.24) is 4.90 Å². The molecule has 0 spiro atoms. The molecule has 0 aromatic heterocycles. The molecule has 1 aliphatic carbocycles. The Hall–Kier alpha value is -2.11. The van der Waals surface area contributed by atoms with Crippen molar-refractivity contribution < 1.29 is 23.8 Å². The van der Waals surface area contributed by atoms with Crippen LogP contribution in [0.2, 0.25) is 0 Å².